The highest BCUT2D eigenvalue weighted by Crippen LogP contribution is 2.40. The van der Waals surface area contributed by atoms with E-state index in [0.717, 1.165) is 35.8 Å². The number of carbonyl (C=O) groups is 3. The van der Waals surface area contributed by atoms with Crippen LogP contribution >= 0.6 is 0 Å². The number of hydrogen-bond acceptors (Lipinski definition) is 3. The van der Waals surface area contributed by atoms with E-state index in [0.29, 0.717) is 36.6 Å². The first kappa shape index (κ1) is 22.8. The number of halogens is 1. The van der Waals surface area contributed by atoms with Gasteiger partial charge in [-0.25, -0.2) is 9.18 Å². The number of hydrogen-bond donors (Lipinski definition) is 2. The van der Waals surface area contributed by atoms with Crippen LogP contribution in [0.4, 0.5) is 20.6 Å². The van der Waals surface area contributed by atoms with E-state index in [4.69, 9.17) is 0 Å². The van der Waals surface area contributed by atoms with Crippen LogP contribution in [0.5, 0.6) is 0 Å². The first-order valence-electron chi connectivity index (χ1n) is 11.9. The maximum Gasteiger partial charge on any atom is 0.322 e. The van der Waals surface area contributed by atoms with Crippen LogP contribution in [0.2, 0.25) is 0 Å². The van der Waals surface area contributed by atoms with Crippen LogP contribution in [-0.4, -0.2) is 35.7 Å². The van der Waals surface area contributed by atoms with Gasteiger partial charge in [0.1, 0.15) is 18.1 Å². The Morgan fingerprint density at radius 1 is 0.886 bits per heavy atom. The highest BCUT2D eigenvalue weighted by Gasteiger charge is 2.34. The monoisotopic (exact) mass is 471 g/mol. The topological polar surface area (TPSA) is 78.5 Å². The number of aldehydes is 1. The third-order valence-corrected chi connectivity index (χ3v) is 6.63. The van der Waals surface area contributed by atoms with Crippen LogP contribution in [0.3, 0.4) is 0 Å². The summed E-state index contributed by atoms with van der Waals surface area (Å²) in [7, 11) is 0. The van der Waals surface area contributed by atoms with Crippen LogP contribution in [-0.2, 0) is 4.79 Å². The summed E-state index contributed by atoms with van der Waals surface area (Å²) in [6, 6.07) is 18.5. The third-order valence-electron chi connectivity index (χ3n) is 6.63. The van der Waals surface area contributed by atoms with Crippen molar-refractivity contribution in [3.05, 3.63) is 83.7 Å². The lowest BCUT2D eigenvalue weighted by molar-refractivity contribution is -0.119. The predicted octanol–water partition coefficient (Wildman–Crippen LogP) is 5.82. The van der Waals surface area contributed by atoms with Gasteiger partial charge in [0.15, 0.2) is 0 Å². The molecule has 5 rings (SSSR count). The Labute approximate surface area is 203 Å². The molecule has 178 valence electrons. The molecule has 0 unspecified atom stereocenters. The Morgan fingerprint density at radius 3 is 2.20 bits per heavy atom. The molecule has 3 aromatic rings. The van der Waals surface area contributed by atoms with Gasteiger partial charge in [0, 0.05) is 17.8 Å². The van der Waals surface area contributed by atoms with Crippen molar-refractivity contribution in [3.63, 3.8) is 0 Å². The van der Waals surface area contributed by atoms with Crippen LogP contribution in [0, 0.1) is 5.82 Å². The van der Waals surface area contributed by atoms with Crippen molar-refractivity contribution in [1.29, 1.82) is 0 Å². The number of likely N-dealkylation sites (tertiary alicyclic amines) is 1. The number of carbonyl (C=O) groups excluding carboxylic acids is 3. The van der Waals surface area contributed by atoms with E-state index in [-0.39, 0.29) is 11.6 Å². The molecule has 2 N–H and O–H groups in total. The van der Waals surface area contributed by atoms with Crippen LogP contribution < -0.4 is 10.6 Å². The van der Waals surface area contributed by atoms with Crippen LogP contribution in [0.25, 0.3) is 11.1 Å². The molecule has 3 amide bonds. The summed E-state index contributed by atoms with van der Waals surface area (Å²) in [5.74, 6) is -0.299. The molecule has 1 aliphatic carbocycles. The van der Waals surface area contributed by atoms with Crippen molar-refractivity contribution in [3.8, 4) is 11.1 Å². The van der Waals surface area contributed by atoms with E-state index >= 15 is 0 Å². The van der Waals surface area contributed by atoms with Gasteiger partial charge in [-0.3, -0.25) is 9.59 Å². The fraction of sp³-hybridized carbons (Fsp3) is 0.250. The summed E-state index contributed by atoms with van der Waals surface area (Å²) in [5, 5.41) is 5.52. The molecule has 1 aliphatic heterocycles. The molecule has 7 heteroatoms. The standard InChI is InChI=1S/C28H26FN3O3/c29-24-16-22(21-7-8-21)11-14-25(24)31-28(35)32-15-1-2-26(32)27(34)30-23-12-9-20(10-13-23)19-5-3-18(17-33)4-6-19/h3-6,9-14,16-17,21,26H,1-2,7-8,15H2,(H,30,34)(H,31,35)/t26-/m1/s1. The van der Waals surface area contributed by atoms with Gasteiger partial charge in [0.05, 0.1) is 5.69 Å². The van der Waals surface area contributed by atoms with Gasteiger partial charge < -0.3 is 15.5 Å². The molecular weight excluding hydrogens is 445 g/mol. The van der Waals surface area contributed by atoms with Gasteiger partial charge in [0.25, 0.3) is 0 Å². The van der Waals surface area contributed by atoms with E-state index in [1.807, 2.05) is 30.3 Å². The predicted molar refractivity (Wildman–Crippen MR) is 133 cm³/mol. The van der Waals surface area contributed by atoms with Gasteiger partial charge in [-0.05, 0) is 72.6 Å². The van der Waals surface area contributed by atoms with E-state index in [1.165, 1.54) is 11.0 Å². The lowest BCUT2D eigenvalue weighted by atomic mass is 10.0. The first-order valence-corrected chi connectivity index (χ1v) is 11.9. The lowest BCUT2D eigenvalue weighted by Gasteiger charge is -2.24. The summed E-state index contributed by atoms with van der Waals surface area (Å²) in [5.41, 5.74) is 4.24. The van der Waals surface area contributed by atoms with Crippen molar-refractivity contribution < 1.29 is 18.8 Å². The van der Waals surface area contributed by atoms with Crippen molar-refractivity contribution in [2.45, 2.75) is 37.6 Å². The number of urea groups is 1. The fourth-order valence-electron chi connectivity index (χ4n) is 4.50. The molecule has 1 saturated heterocycles. The first-order chi connectivity index (χ1) is 17.0. The molecule has 0 bridgehead atoms. The molecule has 2 aliphatic rings. The Bertz CT molecular complexity index is 1250. The Balaban J connectivity index is 1.21. The number of benzene rings is 3. The van der Waals surface area contributed by atoms with Gasteiger partial charge >= 0.3 is 6.03 Å². The molecule has 1 saturated carbocycles. The molecule has 0 aromatic heterocycles. The van der Waals surface area contributed by atoms with E-state index in [1.54, 1.807) is 30.3 Å². The highest BCUT2D eigenvalue weighted by molar-refractivity contribution is 5.99. The summed E-state index contributed by atoms with van der Waals surface area (Å²) >= 11 is 0. The van der Waals surface area contributed by atoms with Gasteiger partial charge in [-0.15, -0.1) is 0 Å². The lowest BCUT2D eigenvalue weighted by Crippen LogP contribution is -2.45. The van der Waals surface area contributed by atoms with E-state index in [2.05, 4.69) is 10.6 Å². The average molecular weight is 472 g/mol. The molecule has 1 atom stereocenters. The summed E-state index contributed by atoms with van der Waals surface area (Å²) in [4.78, 5) is 38.1. The minimum Gasteiger partial charge on any atom is -0.324 e. The molecule has 3 aromatic carbocycles. The average Bonchev–Trinajstić information content (AvgIpc) is 3.61. The smallest absolute Gasteiger partial charge is 0.322 e. The zero-order chi connectivity index (χ0) is 24.4. The number of amides is 3. The zero-order valence-electron chi connectivity index (χ0n) is 19.2. The second kappa shape index (κ2) is 9.70. The minimum atomic E-state index is -0.626. The molecule has 35 heavy (non-hydrogen) atoms. The Kier molecular flexibility index (Phi) is 6.31. The van der Waals surface area contributed by atoms with Crippen molar-refractivity contribution >= 4 is 29.6 Å². The van der Waals surface area contributed by atoms with Gasteiger partial charge in [-0.2, -0.15) is 0 Å². The molecule has 1 heterocycles. The third kappa shape index (κ3) is 5.09. The summed E-state index contributed by atoms with van der Waals surface area (Å²) < 4.78 is 14.5. The van der Waals surface area contributed by atoms with Gasteiger partial charge in [0.2, 0.25) is 5.91 Å². The quantitative estimate of drug-likeness (QED) is 0.445. The molecule has 0 spiro atoms. The van der Waals surface area contributed by atoms with Gasteiger partial charge in [-0.1, -0.05) is 42.5 Å². The number of nitrogens with one attached hydrogen (secondary N) is 2. The molecule has 6 nitrogen and oxygen atoms in total. The number of anilines is 2. The van der Waals surface area contributed by atoms with E-state index < -0.39 is 17.9 Å². The summed E-state index contributed by atoms with van der Waals surface area (Å²) in [6.07, 6.45) is 4.20. The second-order valence-electron chi connectivity index (χ2n) is 9.10. The van der Waals surface area contributed by atoms with Crippen LogP contribution in [0.15, 0.2) is 66.7 Å². The Morgan fingerprint density at radius 2 is 1.57 bits per heavy atom. The van der Waals surface area contributed by atoms with Crippen molar-refractivity contribution in [1.82, 2.24) is 4.90 Å². The number of rotatable bonds is 6. The summed E-state index contributed by atoms with van der Waals surface area (Å²) in [6.45, 7) is 0.432. The maximum absolute atomic E-state index is 14.5. The molecule has 0 radical (unpaired) electrons. The normalized spacial score (nSPS) is 17.2. The SMILES string of the molecule is O=Cc1ccc(-c2ccc(NC(=O)[C@H]3CCCN3C(=O)Nc3ccc(C4CC4)cc3F)cc2)cc1. The zero-order valence-corrected chi connectivity index (χ0v) is 19.2. The fourth-order valence-corrected chi connectivity index (χ4v) is 4.50. The highest BCUT2D eigenvalue weighted by atomic mass is 19.1. The van der Waals surface area contributed by atoms with Crippen molar-refractivity contribution in [2.24, 2.45) is 0 Å². The molecule has 2 fully saturated rings. The minimum absolute atomic E-state index is 0.127. The molecular formula is C28H26FN3O3. The largest absolute Gasteiger partial charge is 0.324 e. The van der Waals surface area contributed by atoms with Crippen LogP contribution in [0.1, 0.15) is 47.5 Å². The Hall–Kier alpha value is -4.00. The second-order valence-corrected chi connectivity index (χ2v) is 9.10. The van der Waals surface area contributed by atoms with E-state index in [9.17, 15) is 18.8 Å². The maximum atomic E-state index is 14.5. The van der Waals surface area contributed by atoms with Crippen molar-refractivity contribution in [2.75, 3.05) is 17.2 Å². The number of nitrogens with zero attached hydrogens (tertiary/aromatic N) is 1.